The topological polar surface area (TPSA) is 108 Å². The average Bonchev–Trinajstić information content (AvgIpc) is 3.20. The van der Waals surface area contributed by atoms with Crippen molar-refractivity contribution < 1.29 is 37.6 Å². The molecule has 0 aliphatic carbocycles. The lowest BCUT2D eigenvalue weighted by atomic mass is 10.1. The van der Waals surface area contributed by atoms with Gasteiger partial charge < -0.3 is 14.4 Å². The van der Waals surface area contributed by atoms with Crippen molar-refractivity contribution in [1.82, 2.24) is 0 Å². The first kappa shape index (κ1) is 56.5. The van der Waals surface area contributed by atoms with Crippen LogP contribution in [0, 0.1) is 0 Å². The number of unbranched alkanes of at least 4 members (excludes halogenated alkanes) is 30. The number of allylic oxidation sites excluding steroid dienone is 4. The van der Waals surface area contributed by atoms with Crippen molar-refractivity contribution in [2.24, 2.45) is 0 Å². The maximum Gasteiger partial charge on any atom is 0.472 e. The molecule has 0 saturated carbocycles. The van der Waals surface area contributed by atoms with Gasteiger partial charge in [0.05, 0.1) is 13.2 Å². The van der Waals surface area contributed by atoms with Crippen LogP contribution in [-0.4, -0.2) is 42.8 Å². The second kappa shape index (κ2) is 45.1. The Labute approximate surface area is 358 Å². The molecule has 0 radical (unpaired) electrons. The average molecular weight is 841 g/mol. The summed E-state index contributed by atoms with van der Waals surface area (Å²) in [5.41, 5.74) is 0. The number of esters is 2. The Morgan fingerprint density at radius 3 is 1.14 bits per heavy atom. The molecule has 2 unspecified atom stereocenters. The van der Waals surface area contributed by atoms with Crippen LogP contribution < -0.4 is 0 Å². The number of hydrogen-bond acceptors (Lipinski definition) is 7. The van der Waals surface area contributed by atoms with Crippen LogP contribution >= 0.6 is 7.82 Å². The fourth-order valence-electron chi connectivity index (χ4n) is 7.09. The van der Waals surface area contributed by atoms with Gasteiger partial charge in [-0.15, -0.1) is 0 Å². The van der Waals surface area contributed by atoms with Crippen LogP contribution in [0.1, 0.15) is 252 Å². The number of phosphoric acid groups is 1. The smallest absolute Gasteiger partial charge is 0.462 e. The Morgan fingerprint density at radius 2 is 0.776 bits per heavy atom. The third kappa shape index (κ3) is 44.1. The summed E-state index contributed by atoms with van der Waals surface area (Å²) in [7, 11) is -4.28. The molecule has 0 bridgehead atoms. The number of phosphoric ester groups is 1. The lowest BCUT2D eigenvalue weighted by Crippen LogP contribution is -2.29. The van der Waals surface area contributed by atoms with Crippen LogP contribution in [0.5, 0.6) is 0 Å². The predicted octanol–water partition coefficient (Wildman–Crippen LogP) is 15.8. The van der Waals surface area contributed by atoms with E-state index in [2.05, 4.69) is 38.2 Å². The van der Waals surface area contributed by atoms with Gasteiger partial charge in [-0.25, -0.2) is 4.57 Å². The molecule has 1 N–H and O–H groups in total. The van der Waals surface area contributed by atoms with Gasteiger partial charge in [0, 0.05) is 12.8 Å². The summed E-state index contributed by atoms with van der Waals surface area (Å²) < 4.78 is 32.8. The van der Waals surface area contributed by atoms with E-state index in [0.717, 1.165) is 32.1 Å². The van der Waals surface area contributed by atoms with Crippen LogP contribution in [0.25, 0.3) is 0 Å². The summed E-state index contributed by atoms with van der Waals surface area (Å²) in [4.78, 5) is 34.9. The van der Waals surface area contributed by atoms with Gasteiger partial charge in [0.15, 0.2) is 6.10 Å². The van der Waals surface area contributed by atoms with Crippen molar-refractivity contribution in [1.29, 1.82) is 0 Å². The third-order valence-corrected chi connectivity index (χ3v) is 11.8. The van der Waals surface area contributed by atoms with Gasteiger partial charge in [-0.1, -0.05) is 192 Å². The third-order valence-electron chi connectivity index (χ3n) is 10.7. The Morgan fingerprint density at radius 1 is 0.448 bits per heavy atom. The molecule has 2 atom stereocenters. The largest absolute Gasteiger partial charge is 0.472 e. The molecule has 0 aliphatic heterocycles. The normalized spacial score (nSPS) is 13.4. The Kier molecular flexibility index (Phi) is 43.9. The highest BCUT2D eigenvalue weighted by atomic mass is 31.2. The van der Waals surface area contributed by atoms with E-state index >= 15 is 0 Å². The van der Waals surface area contributed by atoms with Crippen LogP contribution in [0.15, 0.2) is 24.3 Å². The van der Waals surface area contributed by atoms with Crippen LogP contribution in [0.2, 0.25) is 0 Å². The van der Waals surface area contributed by atoms with Gasteiger partial charge in [0.2, 0.25) is 0 Å². The maximum absolute atomic E-state index is 12.6. The second-order valence-corrected chi connectivity index (χ2v) is 17.9. The molecule has 9 heteroatoms. The minimum Gasteiger partial charge on any atom is -0.462 e. The molecule has 0 saturated heterocycles. The van der Waals surface area contributed by atoms with Gasteiger partial charge in [0.25, 0.3) is 0 Å². The minimum absolute atomic E-state index is 0.00146. The molecule has 0 aromatic rings. The van der Waals surface area contributed by atoms with Gasteiger partial charge in [-0.05, 0) is 71.1 Å². The molecule has 0 amide bonds. The fraction of sp³-hybridized carbons (Fsp3) is 0.878. The standard InChI is InChI=1S/C49H93O8P/c1-4-7-9-11-13-15-17-19-21-23-25-27-29-31-33-35-37-39-41-43-48(50)54-45-47(46-56-58(52,53)55-6-3)57-49(51)44-42-40-38-36-34-32-30-28-26-24-22-20-18-16-14-12-10-8-5-2/h19-22,47H,4-18,23-46H2,1-3H3,(H,52,53)/b21-19-,22-20-. The minimum atomic E-state index is -4.28. The Balaban J connectivity index is 3.99. The number of carbonyl (C=O) groups excluding carboxylic acids is 2. The summed E-state index contributed by atoms with van der Waals surface area (Å²) in [5, 5.41) is 0. The van der Waals surface area contributed by atoms with E-state index in [1.165, 1.54) is 180 Å². The van der Waals surface area contributed by atoms with E-state index < -0.39 is 26.5 Å². The number of hydrogen-bond donors (Lipinski definition) is 1. The lowest BCUT2D eigenvalue weighted by Gasteiger charge is -2.19. The van der Waals surface area contributed by atoms with Crippen LogP contribution in [-0.2, 0) is 32.7 Å². The summed E-state index contributed by atoms with van der Waals surface area (Å²) in [6, 6.07) is 0. The van der Waals surface area contributed by atoms with Gasteiger partial charge in [0.1, 0.15) is 6.61 Å². The van der Waals surface area contributed by atoms with E-state index in [0.29, 0.717) is 12.8 Å². The van der Waals surface area contributed by atoms with E-state index in [1.54, 1.807) is 6.92 Å². The molecule has 0 aromatic carbocycles. The highest BCUT2D eigenvalue weighted by Crippen LogP contribution is 2.43. The predicted molar refractivity (Wildman–Crippen MR) is 244 cm³/mol. The SMILES string of the molecule is CCCCCCCC/C=C\CCCCCCCCCCCC(=O)OCC(COP(=O)(O)OCC)OC(=O)CCCCCCCCCCC/C=C\CCCCCCCC. The van der Waals surface area contributed by atoms with E-state index in [4.69, 9.17) is 18.5 Å². The van der Waals surface area contributed by atoms with Crippen LogP contribution in [0.4, 0.5) is 0 Å². The molecule has 342 valence electrons. The summed E-state index contributed by atoms with van der Waals surface area (Å²) >= 11 is 0. The number of ether oxygens (including phenoxy) is 2. The molecule has 0 rings (SSSR count). The second-order valence-electron chi connectivity index (χ2n) is 16.5. The van der Waals surface area contributed by atoms with Crippen molar-refractivity contribution in [3.8, 4) is 0 Å². The summed E-state index contributed by atoms with van der Waals surface area (Å²) in [6.45, 7) is 5.51. The first-order valence-electron chi connectivity index (χ1n) is 24.6. The van der Waals surface area contributed by atoms with Crippen molar-refractivity contribution in [3.63, 3.8) is 0 Å². The van der Waals surface area contributed by atoms with E-state index in [9.17, 15) is 19.0 Å². The molecule has 0 heterocycles. The monoisotopic (exact) mass is 841 g/mol. The summed E-state index contributed by atoms with van der Waals surface area (Å²) in [5.74, 6) is -0.791. The van der Waals surface area contributed by atoms with Crippen molar-refractivity contribution in [2.45, 2.75) is 258 Å². The highest BCUT2D eigenvalue weighted by Gasteiger charge is 2.25. The molecule has 0 aromatic heterocycles. The van der Waals surface area contributed by atoms with Gasteiger partial charge >= 0.3 is 19.8 Å². The highest BCUT2D eigenvalue weighted by molar-refractivity contribution is 7.47. The number of rotatable bonds is 46. The molecule has 58 heavy (non-hydrogen) atoms. The van der Waals surface area contributed by atoms with Crippen molar-refractivity contribution in [2.75, 3.05) is 19.8 Å². The molecule has 0 fully saturated rings. The van der Waals surface area contributed by atoms with E-state index in [-0.39, 0.29) is 25.6 Å². The zero-order valence-electron chi connectivity index (χ0n) is 38.2. The fourth-order valence-corrected chi connectivity index (χ4v) is 7.85. The molecule has 0 spiro atoms. The van der Waals surface area contributed by atoms with Crippen molar-refractivity contribution >= 4 is 19.8 Å². The molecule has 0 aliphatic rings. The zero-order valence-corrected chi connectivity index (χ0v) is 39.1. The maximum atomic E-state index is 12.6. The van der Waals surface area contributed by atoms with E-state index in [1.807, 2.05) is 0 Å². The van der Waals surface area contributed by atoms with Gasteiger partial charge in [-0.3, -0.25) is 18.6 Å². The molecular weight excluding hydrogens is 748 g/mol. The molecule has 8 nitrogen and oxygen atoms in total. The quantitative estimate of drug-likeness (QED) is 0.0279. The zero-order chi connectivity index (χ0) is 42.5. The first-order valence-corrected chi connectivity index (χ1v) is 26.1. The summed E-state index contributed by atoms with van der Waals surface area (Å²) in [6.07, 6.45) is 50.9. The Bertz CT molecular complexity index is 999. The number of carbonyl (C=O) groups is 2. The lowest BCUT2D eigenvalue weighted by molar-refractivity contribution is -0.161. The first-order chi connectivity index (χ1) is 28.3. The molecular formula is C49H93O8P. The van der Waals surface area contributed by atoms with Crippen molar-refractivity contribution in [3.05, 3.63) is 24.3 Å². The Hall–Kier alpha value is -1.47. The van der Waals surface area contributed by atoms with Gasteiger partial charge in [-0.2, -0.15) is 0 Å². The van der Waals surface area contributed by atoms with Crippen LogP contribution in [0.3, 0.4) is 0 Å².